The number of aliphatic carboxylic acids is 1. The van der Waals surface area contributed by atoms with Crippen LogP contribution in [0, 0.1) is 0 Å². The van der Waals surface area contributed by atoms with E-state index in [9.17, 15) is 9.59 Å². The summed E-state index contributed by atoms with van der Waals surface area (Å²) in [6, 6.07) is -0.165. The molecule has 0 aliphatic heterocycles. The zero-order chi connectivity index (χ0) is 15.8. The van der Waals surface area contributed by atoms with Crippen molar-refractivity contribution in [3.63, 3.8) is 0 Å². The summed E-state index contributed by atoms with van der Waals surface area (Å²) in [6.07, 6.45) is 1.32. The van der Waals surface area contributed by atoms with Crippen molar-refractivity contribution in [3.8, 4) is 0 Å². The van der Waals surface area contributed by atoms with Crippen LogP contribution in [0.15, 0.2) is 6.20 Å². The van der Waals surface area contributed by atoms with E-state index in [0.29, 0.717) is 19.8 Å². The summed E-state index contributed by atoms with van der Waals surface area (Å²) in [5.41, 5.74) is 0.0929. The highest BCUT2D eigenvalue weighted by atomic mass is 16.5. The van der Waals surface area contributed by atoms with Crippen molar-refractivity contribution in [1.29, 1.82) is 0 Å². The molecule has 9 heteroatoms. The lowest BCUT2D eigenvalue weighted by Gasteiger charge is -2.27. The predicted octanol–water partition coefficient (Wildman–Crippen LogP) is -0.514. The van der Waals surface area contributed by atoms with Gasteiger partial charge in [-0.05, 0) is 6.92 Å². The van der Waals surface area contributed by atoms with Gasteiger partial charge in [-0.3, -0.25) is 9.59 Å². The second-order valence-corrected chi connectivity index (χ2v) is 4.49. The second-order valence-electron chi connectivity index (χ2n) is 4.49. The molecule has 9 nitrogen and oxygen atoms in total. The number of hydrogen-bond acceptors (Lipinski definition) is 6. The van der Waals surface area contributed by atoms with Crippen LogP contribution < -0.4 is 0 Å². The summed E-state index contributed by atoms with van der Waals surface area (Å²) in [4.78, 5) is 24.6. The van der Waals surface area contributed by atoms with E-state index in [1.807, 2.05) is 6.92 Å². The molecule has 0 aliphatic carbocycles. The molecule has 0 saturated carbocycles. The molecule has 1 unspecified atom stereocenters. The number of hydrogen-bond donors (Lipinski definition) is 1. The third-order valence-corrected chi connectivity index (χ3v) is 2.79. The second kappa shape index (κ2) is 8.32. The molecule has 1 aromatic heterocycles. The Hall–Kier alpha value is -2.00. The molecule has 0 spiro atoms. The number of nitrogens with zero attached hydrogens (tertiary/aromatic N) is 4. The fourth-order valence-electron chi connectivity index (χ4n) is 1.80. The van der Waals surface area contributed by atoms with E-state index in [-0.39, 0.29) is 24.2 Å². The number of rotatable bonds is 9. The Labute approximate surface area is 122 Å². The molecule has 1 atom stereocenters. The summed E-state index contributed by atoms with van der Waals surface area (Å²) in [7, 11) is 3.10. The van der Waals surface area contributed by atoms with Crippen molar-refractivity contribution in [2.24, 2.45) is 0 Å². The van der Waals surface area contributed by atoms with Gasteiger partial charge < -0.3 is 19.5 Å². The van der Waals surface area contributed by atoms with E-state index >= 15 is 0 Å². The predicted molar refractivity (Wildman–Crippen MR) is 71.9 cm³/mol. The quantitative estimate of drug-likeness (QED) is 0.654. The highest BCUT2D eigenvalue weighted by Crippen LogP contribution is 2.07. The third kappa shape index (κ3) is 5.12. The van der Waals surface area contributed by atoms with Crippen molar-refractivity contribution in [1.82, 2.24) is 19.9 Å². The lowest BCUT2D eigenvalue weighted by Crippen LogP contribution is -2.43. The van der Waals surface area contributed by atoms with Crippen LogP contribution in [-0.4, -0.2) is 76.9 Å². The number of carbonyl (C=O) groups is 2. The number of methoxy groups -OCH3 is 2. The van der Waals surface area contributed by atoms with E-state index in [0.717, 1.165) is 4.68 Å². The fraction of sp³-hybridized carbons (Fsp3) is 0.667. The van der Waals surface area contributed by atoms with Crippen molar-refractivity contribution >= 4 is 11.9 Å². The Kier molecular flexibility index (Phi) is 6.76. The molecule has 118 valence electrons. The first kappa shape index (κ1) is 17.1. The summed E-state index contributed by atoms with van der Waals surface area (Å²) in [5, 5.41) is 16.0. The Balaban J connectivity index is 2.83. The van der Waals surface area contributed by atoms with Crippen LogP contribution >= 0.6 is 0 Å². The van der Waals surface area contributed by atoms with Gasteiger partial charge >= 0.3 is 5.97 Å². The van der Waals surface area contributed by atoms with Crippen molar-refractivity contribution in [2.45, 2.75) is 19.5 Å². The van der Waals surface area contributed by atoms with Crippen LogP contribution in [0.4, 0.5) is 0 Å². The molecule has 0 radical (unpaired) electrons. The maximum Gasteiger partial charge on any atom is 0.325 e. The zero-order valence-electron chi connectivity index (χ0n) is 12.4. The number of aromatic nitrogens is 3. The van der Waals surface area contributed by atoms with Crippen LogP contribution in [-0.2, 0) is 20.8 Å². The van der Waals surface area contributed by atoms with Gasteiger partial charge in [-0.2, -0.15) is 0 Å². The van der Waals surface area contributed by atoms with E-state index in [1.54, 1.807) is 19.1 Å². The molecule has 0 bridgehead atoms. The van der Waals surface area contributed by atoms with Crippen LogP contribution in [0.1, 0.15) is 17.4 Å². The summed E-state index contributed by atoms with van der Waals surface area (Å²) >= 11 is 0. The van der Waals surface area contributed by atoms with E-state index in [2.05, 4.69) is 10.3 Å². The highest BCUT2D eigenvalue weighted by molar-refractivity contribution is 5.92. The number of amides is 1. The standard InChI is InChI=1S/C12H20N4O5/c1-9(8-21-3)16(4-5-20-2)12(19)10-6-15(14-13-10)7-11(17)18/h6,9H,4-5,7-8H2,1-3H3,(H,17,18). The van der Waals surface area contributed by atoms with Gasteiger partial charge in [-0.15, -0.1) is 5.10 Å². The average molecular weight is 300 g/mol. The van der Waals surface area contributed by atoms with Crippen LogP contribution in [0.5, 0.6) is 0 Å². The van der Waals surface area contributed by atoms with Crippen molar-refractivity contribution < 1.29 is 24.2 Å². The number of carbonyl (C=O) groups excluding carboxylic acids is 1. The first-order valence-electron chi connectivity index (χ1n) is 6.40. The van der Waals surface area contributed by atoms with E-state index in [4.69, 9.17) is 14.6 Å². The van der Waals surface area contributed by atoms with Crippen molar-refractivity contribution in [3.05, 3.63) is 11.9 Å². The first-order chi connectivity index (χ1) is 9.99. The lowest BCUT2D eigenvalue weighted by molar-refractivity contribution is -0.137. The first-order valence-corrected chi connectivity index (χ1v) is 6.40. The van der Waals surface area contributed by atoms with E-state index in [1.165, 1.54) is 6.20 Å². The minimum atomic E-state index is -1.05. The SMILES string of the molecule is COCCN(C(=O)c1cn(CC(=O)O)nn1)C(C)COC. The molecule has 0 aliphatic rings. The lowest BCUT2D eigenvalue weighted by atomic mass is 10.2. The maximum absolute atomic E-state index is 12.4. The van der Waals surface area contributed by atoms with Gasteiger partial charge in [0, 0.05) is 20.8 Å². The molecule has 0 aromatic carbocycles. The highest BCUT2D eigenvalue weighted by Gasteiger charge is 2.24. The number of ether oxygens (including phenoxy) is 2. The van der Waals surface area contributed by atoms with Gasteiger partial charge in [0.05, 0.1) is 25.5 Å². The summed E-state index contributed by atoms with van der Waals surface area (Å²) in [6.45, 7) is 2.64. The minimum absolute atomic E-state index is 0.0929. The molecule has 1 amide bonds. The third-order valence-electron chi connectivity index (χ3n) is 2.79. The summed E-state index contributed by atoms with van der Waals surface area (Å²) in [5.74, 6) is -1.39. The van der Waals surface area contributed by atoms with Gasteiger partial charge in [0.2, 0.25) is 0 Å². The zero-order valence-corrected chi connectivity index (χ0v) is 12.4. The van der Waals surface area contributed by atoms with Gasteiger partial charge in [0.15, 0.2) is 5.69 Å². The minimum Gasteiger partial charge on any atom is -0.480 e. The maximum atomic E-state index is 12.4. The van der Waals surface area contributed by atoms with Gasteiger partial charge in [0.25, 0.3) is 5.91 Å². The summed E-state index contributed by atoms with van der Waals surface area (Å²) < 4.78 is 11.1. The van der Waals surface area contributed by atoms with Gasteiger partial charge in [0.1, 0.15) is 6.54 Å². The molecule has 1 rings (SSSR count). The van der Waals surface area contributed by atoms with Crippen molar-refractivity contribution in [2.75, 3.05) is 34.0 Å². The smallest absolute Gasteiger partial charge is 0.325 e. The van der Waals surface area contributed by atoms with Crippen LogP contribution in [0.25, 0.3) is 0 Å². The number of carboxylic acids is 1. The Morgan fingerprint density at radius 1 is 1.43 bits per heavy atom. The molecule has 21 heavy (non-hydrogen) atoms. The molecule has 1 aromatic rings. The Morgan fingerprint density at radius 3 is 2.71 bits per heavy atom. The molecule has 1 heterocycles. The molecule has 1 N–H and O–H groups in total. The number of carboxylic acid groups (broad SMARTS) is 1. The topological polar surface area (TPSA) is 107 Å². The van der Waals surface area contributed by atoms with Crippen LogP contribution in [0.2, 0.25) is 0 Å². The van der Waals surface area contributed by atoms with Gasteiger partial charge in [-0.25, -0.2) is 4.68 Å². The molecule has 0 saturated heterocycles. The molecular weight excluding hydrogens is 280 g/mol. The molecule has 0 fully saturated rings. The largest absolute Gasteiger partial charge is 0.480 e. The van der Waals surface area contributed by atoms with Gasteiger partial charge in [-0.1, -0.05) is 5.21 Å². The van der Waals surface area contributed by atoms with E-state index < -0.39 is 5.97 Å². The Morgan fingerprint density at radius 2 is 2.14 bits per heavy atom. The molecular formula is C12H20N4O5. The average Bonchev–Trinajstić information content (AvgIpc) is 2.87. The fourth-order valence-corrected chi connectivity index (χ4v) is 1.80. The van der Waals surface area contributed by atoms with Crippen LogP contribution in [0.3, 0.4) is 0 Å². The Bertz CT molecular complexity index is 476. The normalized spacial score (nSPS) is 12.1. The monoisotopic (exact) mass is 300 g/mol.